The van der Waals surface area contributed by atoms with E-state index in [1.165, 1.54) is 55.5 Å². The molecule has 1 aliphatic carbocycles. The van der Waals surface area contributed by atoms with Crippen LogP contribution < -0.4 is 31.7 Å². The molecule has 2 saturated heterocycles. The Bertz CT molecular complexity index is 2680. The lowest BCUT2D eigenvalue weighted by atomic mass is 9.71. The minimum atomic E-state index is -4.58. The van der Waals surface area contributed by atoms with Crippen molar-refractivity contribution in [1.82, 2.24) is 25.3 Å². The summed E-state index contributed by atoms with van der Waals surface area (Å²) in [6.07, 6.45) is 12.6. The highest BCUT2D eigenvalue weighted by atomic mass is 35.5. The topological polar surface area (TPSA) is 152 Å². The summed E-state index contributed by atoms with van der Waals surface area (Å²) in [5.41, 5.74) is 6.00. The van der Waals surface area contributed by atoms with Gasteiger partial charge >= 0.3 is 5.51 Å². The van der Waals surface area contributed by atoms with Crippen molar-refractivity contribution >= 4 is 87.1 Å². The number of amides is 2. The minimum absolute atomic E-state index is 0.00371. The number of nitrogens with zero attached hydrogens (tertiary/aromatic N) is 4. The fourth-order valence-electron chi connectivity index (χ4n) is 11.4. The third-order valence-corrected chi connectivity index (χ3v) is 18.7. The van der Waals surface area contributed by atoms with E-state index in [9.17, 15) is 27.6 Å². The van der Waals surface area contributed by atoms with Crippen molar-refractivity contribution in [2.75, 3.05) is 102 Å². The number of allylic oxidation sites excluding steroid dienone is 1. The summed E-state index contributed by atoms with van der Waals surface area (Å²) < 4.78 is 43.9. The molecule has 2 fully saturated rings. The van der Waals surface area contributed by atoms with Gasteiger partial charge in [-0.25, -0.2) is 0 Å². The van der Waals surface area contributed by atoms with Crippen LogP contribution in [0.3, 0.4) is 0 Å². The van der Waals surface area contributed by atoms with Crippen LogP contribution >= 0.6 is 46.7 Å². The molecule has 2 amide bonds. The number of halogens is 4. The van der Waals surface area contributed by atoms with E-state index in [4.69, 9.17) is 11.6 Å². The number of ketones is 1. The molecule has 0 saturated carbocycles. The number of benzene rings is 4. The lowest BCUT2D eigenvalue weighted by Gasteiger charge is -2.41. The molecule has 4 unspecified atom stereocenters. The zero-order valence-corrected chi connectivity index (χ0v) is 55.7. The monoisotopic (exact) mass is 1270 g/mol. The van der Waals surface area contributed by atoms with E-state index >= 15 is 0 Å². The molecule has 12 nitrogen and oxygen atoms in total. The fourth-order valence-corrected chi connectivity index (χ4v) is 13.4. The van der Waals surface area contributed by atoms with Crippen molar-refractivity contribution in [3.05, 3.63) is 124 Å². The highest BCUT2D eigenvalue weighted by molar-refractivity contribution is 8.15. The van der Waals surface area contributed by atoms with Gasteiger partial charge in [0.2, 0.25) is 11.8 Å². The van der Waals surface area contributed by atoms with E-state index in [1.54, 1.807) is 36.0 Å². The zero-order valence-electron chi connectivity index (χ0n) is 52.4. The SMILES string of the molecule is C=S(c1cc(C(=O)c2ccc(N3CCN(CC4=C(c5ccc(Cl)cc5)CCC(C)(CNCCN(CCC)C5CCC(=O)NC5=O)C4)CC3)cc2)ccc1NC(CCN(CCC)CCCCCC)CSc1ccccc1)C(F)(F)F.CCC.CN.NS. The smallest absolute Gasteiger partial charge is 0.381 e. The van der Waals surface area contributed by atoms with Crippen molar-refractivity contribution < 1.29 is 27.6 Å². The number of thioether (sulfide) groups is 1. The Morgan fingerprint density at radius 1 is 0.849 bits per heavy atom. The maximum Gasteiger partial charge on any atom is 0.440 e. The van der Waals surface area contributed by atoms with Crippen molar-refractivity contribution in [2.24, 2.45) is 16.3 Å². The number of hydrogen-bond donors (Lipinski definition) is 6. The highest BCUT2D eigenvalue weighted by Gasteiger charge is 2.36. The van der Waals surface area contributed by atoms with Crippen molar-refractivity contribution in [3.8, 4) is 0 Å². The first-order valence-electron chi connectivity index (χ1n) is 31.1. The molecule has 4 aromatic carbocycles. The first-order valence-corrected chi connectivity index (χ1v) is 34.4. The van der Waals surface area contributed by atoms with E-state index in [0.717, 1.165) is 134 Å². The second-order valence-corrected chi connectivity index (χ2v) is 26.0. The summed E-state index contributed by atoms with van der Waals surface area (Å²) >= 11 is 11.1. The summed E-state index contributed by atoms with van der Waals surface area (Å²) in [5.74, 6) is 3.59. The van der Waals surface area contributed by atoms with Gasteiger partial charge in [-0.1, -0.05) is 131 Å². The second kappa shape index (κ2) is 39.7. The van der Waals surface area contributed by atoms with Gasteiger partial charge in [0.1, 0.15) is 0 Å². The minimum Gasteiger partial charge on any atom is -0.381 e. The summed E-state index contributed by atoms with van der Waals surface area (Å²) in [6, 6.07) is 30.1. The van der Waals surface area contributed by atoms with E-state index in [1.807, 2.05) is 42.5 Å². The van der Waals surface area contributed by atoms with E-state index in [-0.39, 0.29) is 45.6 Å². The van der Waals surface area contributed by atoms with Gasteiger partial charge in [0.25, 0.3) is 0 Å². The van der Waals surface area contributed by atoms with Crippen molar-refractivity contribution in [1.29, 1.82) is 0 Å². The molecule has 0 aromatic heterocycles. The van der Waals surface area contributed by atoms with Crippen LogP contribution in [0.5, 0.6) is 0 Å². The normalized spacial score (nSPS) is 18.0. The number of piperidine rings is 1. The zero-order chi connectivity index (χ0) is 63.1. The van der Waals surface area contributed by atoms with Gasteiger partial charge in [-0.3, -0.25) is 34.6 Å². The maximum absolute atomic E-state index is 14.6. The molecule has 7 N–H and O–H groups in total. The van der Waals surface area contributed by atoms with Gasteiger partial charge in [-0.15, -0.1) is 24.6 Å². The van der Waals surface area contributed by atoms with Gasteiger partial charge in [-0.05, 0) is 161 Å². The van der Waals surface area contributed by atoms with Crippen molar-refractivity contribution in [2.45, 2.75) is 152 Å². The van der Waals surface area contributed by atoms with Gasteiger partial charge < -0.3 is 26.2 Å². The van der Waals surface area contributed by atoms with Crippen LogP contribution in [0.1, 0.15) is 146 Å². The first kappa shape index (κ1) is 74.3. The fraction of sp³-hybridized carbons (Fsp3) is 0.552. The van der Waals surface area contributed by atoms with Gasteiger partial charge in [0.15, 0.2) is 5.78 Å². The molecule has 86 heavy (non-hydrogen) atoms. The standard InChI is InChI=1S/C63H85ClF3N7O3S2.C3H8.CH5N.H3NS/c1-6-9-10-14-35-71(33-7-2)36-30-52(45-78-54-15-12-11-13-16-54)69-56-26-21-49(42-58(56)79(5)63(65,66)67)60(76)48-19-24-53(25-20-48)73-40-38-72(39-41-73)44-50-43-62(4,31-29-55(50)47-17-22-51(64)23-18-47)46-68-32-37-74(34-8-3)57-27-28-59(75)70-61(57)77;1-3-2;2*1-2/h11-13,15-26,42,52,57,68-69H,5-10,14,27-41,43-46H2,1-4H3,(H,70,75,77);3H2,1-2H3;2H2,1H3;2H,1H2. The number of hydrogen-bond acceptors (Lipinski definition) is 13. The van der Waals surface area contributed by atoms with Gasteiger partial charge in [0.05, 0.1) is 6.04 Å². The third-order valence-electron chi connectivity index (χ3n) is 15.8. The second-order valence-electron chi connectivity index (χ2n) is 22.8. The number of nitrogens with one attached hydrogen (secondary N) is 3. The number of imide groups is 1. The van der Waals surface area contributed by atoms with E-state index < -0.39 is 16.0 Å². The van der Waals surface area contributed by atoms with Crippen LogP contribution in [-0.2, 0) is 9.59 Å². The van der Waals surface area contributed by atoms with Crippen LogP contribution in [0.4, 0.5) is 24.5 Å². The maximum atomic E-state index is 14.6. The number of unbranched alkanes of at least 4 members (excludes halogenated alkanes) is 3. The number of carbonyl (C=O) groups excluding carboxylic acids is 3. The average Bonchev–Trinajstić information content (AvgIpc) is 1.41. The molecule has 4 atom stereocenters. The Kier molecular flexibility index (Phi) is 34.3. The van der Waals surface area contributed by atoms with Gasteiger partial charge in [0, 0.05) is 114 Å². The summed E-state index contributed by atoms with van der Waals surface area (Å²) in [4.78, 5) is 49.4. The molecule has 0 radical (unpaired) electrons. The molecule has 19 heteroatoms. The van der Waals surface area contributed by atoms with Crippen molar-refractivity contribution in [3.63, 3.8) is 0 Å². The van der Waals surface area contributed by atoms with Crippen LogP contribution in [-0.4, -0.2) is 147 Å². The van der Waals surface area contributed by atoms with Gasteiger partial charge in [-0.2, -0.15) is 13.2 Å². The predicted molar refractivity (Wildman–Crippen MR) is 365 cm³/mol. The molecule has 0 spiro atoms. The molecular formula is C67H101ClF3N9O3S3. The number of thiol groups is 1. The lowest BCUT2D eigenvalue weighted by Crippen LogP contribution is -2.54. The summed E-state index contributed by atoms with van der Waals surface area (Å²) in [5, 5.41) is 14.7. The summed E-state index contributed by atoms with van der Waals surface area (Å²) in [7, 11) is -0.883. The summed E-state index contributed by atoms with van der Waals surface area (Å²) in [6.45, 7) is 23.3. The molecule has 2 heterocycles. The number of rotatable bonds is 30. The molecule has 478 valence electrons. The number of nitrogens with two attached hydrogens (primary N) is 2. The molecule has 2 aliphatic heterocycles. The van der Waals surface area contributed by atoms with E-state index in [0.29, 0.717) is 34.9 Å². The van der Waals surface area contributed by atoms with Crippen LogP contribution in [0.15, 0.2) is 112 Å². The largest absolute Gasteiger partial charge is 0.440 e. The number of carbonyl (C=O) groups is 3. The number of anilines is 2. The third kappa shape index (κ3) is 24.3. The lowest BCUT2D eigenvalue weighted by molar-refractivity contribution is -0.137. The van der Waals surface area contributed by atoms with Crippen LogP contribution in [0, 0.1) is 5.41 Å². The average molecular weight is 1270 g/mol. The molecule has 3 aliphatic rings. The van der Waals surface area contributed by atoms with E-state index in [2.05, 4.69) is 131 Å². The van der Waals surface area contributed by atoms with Crippen LogP contribution in [0.25, 0.3) is 5.57 Å². The van der Waals surface area contributed by atoms with Crippen LogP contribution in [0.2, 0.25) is 5.02 Å². The molecule has 7 rings (SSSR count). The Labute approximate surface area is 531 Å². The Hall–Kier alpha value is -4.21. The quantitative estimate of drug-likeness (QED) is 0.00736. The Morgan fingerprint density at radius 2 is 1.51 bits per heavy atom. The molecule has 4 aromatic rings. The highest BCUT2D eigenvalue weighted by Crippen LogP contribution is 2.47. The number of piperazine rings is 1. The predicted octanol–water partition coefficient (Wildman–Crippen LogP) is 14.1. The molecular weight excluding hydrogens is 1170 g/mol. The molecule has 0 bridgehead atoms. The Balaban J connectivity index is 0.00000217. The number of alkyl halides is 3. The Morgan fingerprint density at radius 3 is 2.14 bits per heavy atom. The first-order chi connectivity index (χ1) is 41.5.